The van der Waals surface area contributed by atoms with Crippen molar-refractivity contribution in [3.63, 3.8) is 0 Å². The molecule has 3 rings (SSSR count). The molecule has 2 fully saturated rings. The predicted octanol–water partition coefficient (Wildman–Crippen LogP) is 1.49. The van der Waals surface area contributed by atoms with Crippen molar-refractivity contribution in [1.29, 1.82) is 0 Å². The lowest BCUT2D eigenvalue weighted by molar-refractivity contribution is 0.188. The highest BCUT2D eigenvalue weighted by molar-refractivity contribution is 5.38. The Kier molecular flexibility index (Phi) is 5.28. The van der Waals surface area contributed by atoms with Gasteiger partial charge in [-0.05, 0) is 37.4 Å². The Bertz CT molecular complexity index is 454. The zero-order chi connectivity index (χ0) is 15.4. The first-order valence-electron chi connectivity index (χ1n) is 8.39. The fourth-order valence-corrected chi connectivity index (χ4v) is 3.17. The highest BCUT2D eigenvalue weighted by atomic mass is 16.5. The highest BCUT2D eigenvalue weighted by Crippen LogP contribution is 2.31. The summed E-state index contributed by atoms with van der Waals surface area (Å²) in [6, 6.07) is 5.86. The average Bonchev–Trinajstić information content (AvgIpc) is 3.25. The number of methoxy groups -OCH3 is 1. The second-order valence-corrected chi connectivity index (χ2v) is 6.49. The zero-order valence-corrected chi connectivity index (χ0v) is 13.8. The van der Waals surface area contributed by atoms with E-state index in [2.05, 4.69) is 39.3 Å². The fraction of sp³-hybridized carbons (Fsp3) is 0.706. The maximum absolute atomic E-state index is 5.12. The molecule has 1 aromatic heterocycles. The van der Waals surface area contributed by atoms with Gasteiger partial charge in [0.05, 0.1) is 6.61 Å². The van der Waals surface area contributed by atoms with Gasteiger partial charge in [-0.25, -0.2) is 4.98 Å². The molecule has 5 nitrogen and oxygen atoms in total. The van der Waals surface area contributed by atoms with Gasteiger partial charge in [-0.3, -0.25) is 4.90 Å². The molecule has 2 heterocycles. The molecule has 1 unspecified atom stereocenters. The van der Waals surface area contributed by atoms with E-state index in [1.165, 1.54) is 24.8 Å². The SMILES string of the molecule is COCCN(C)c1ccc(CN(C2CC2)C2CCNC2)cn1. The van der Waals surface area contributed by atoms with Gasteiger partial charge in [0.1, 0.15) is 5.82 Å². The molecular formula is C17H28N4O. The van der Waals surface area contributed by atoms with Crippen molar-refractivity contribution in [2.24, 2.45) is 0 Å². The largest absolute Gasteiger partial charge is 0.383 e. The molecule has 1 atom stereocenters. The van der Waals surface area contributed by atoms with E-state index in [0.29, 0.717) is 6.04 Å². The first kappa shape index (κ1) is 15.7. The standard InChI is InChI=1S/C17H28N4O/c1-20(9-10-22-2)17-6-3-14(11-19-17)13-21(15-4-5-15)16-7-8-18-12-16/h3,6,11,15-16,18H,4-5,7-10,12-13H2,1-2H3. The first-order chi connectivity index (χ1) is 10.8. The Morgan fingerprint density at radius 3 is 2.73 bits per heavy atom. The number of nitrogens with one attached hydrogen (secondary N) is 1. The van der Waals surface area contributed by atoms with Crippen LogP contribution in [0.2, 0.25) is 0 Å². The van der Waals surface area contributed by atoms with Crippen LogP contribution in [0.1, 0.15) is 24.8 Å². The summed E-state index contributed by atoms with van der Waals surface area (Å²) in [5, 5.41) is 3.49. The molecule has 0 amide bonds. The van der Waals surface area contributed by atoms with Gasteiger partial charge in [0.2, 0.25) is 0 Å². The Hall–Kier alpha value is -1.17. The van der Waals surface area contributed by atoms with Crippen LogP contribution in [0.25, 0.3) is 0 Å². The molecule has 22 heavy (non-hydrogen) atoms. The molecular weight excluding hydrogens is 276 g/mol. The van der Waals surface area contributed by atoms with Gasteiger partial charge in [-0.15, -0.1) is 0 Å². The number of likely N-dealkylation sites (N-methyl/N-ethyl adjacent to an activating group) is 1. The second-order valence-electron chi connectivity index (χ2n) is 6.49. The molecule has 1 saturated heterocycles. The van der Waals surface area contributed by atoms with E-state index in [4.69, 9.17) is 4.74 Å². The molecule has 0 radical (unpaired) electrons. The van der Waals surface area contributed by atoms with Gasteiger partial charge >= 0.3 is 0 Å². The minimum absolute atomic E-state index is 0.705. The lowest BCUT2D eigenvalue weighted by Crippen LogP contribution is -2.38. The predicted molar refractivity (Wildman–Crippen MR) is 89.2 cm³/mol. The van der Waals surface area contributed by atoms with E-state index in [0.717, 1.165) is 44.6 Å². The van der Waals surface area contributed by atoms with Gasteiger partial charge in [-0.2, -0.15) is 0 Å². The Morgan fingerprint density at radius 2 is 2.14 bits per heavy atom. The summed E-state index contributed by atoms with van der Waals surface area (Å²) >= 11 is 0. The molecule has 1 saturated carbocycles. The van der Waals surface area contributed by atoms with Crippen molar-refractivity contribution in [1.82, 2.24) is 15.2 Å². The molecule has 0 spiro atoms. The summed E-state index contributed by atoms with van der Waals surface area (Å²) in [5.74, 6) is 1.02. The first-order valence-corrected chi connectivity index (χ1v) is 8.39. The van der Waals surface area contributed by atoms with Gasteiger partial charge in [0.15, 0.2) is 0 Å². The zero-order valence-electron chi connectivity index (χ0n) is 13.8. The van der Waals surface area contributed by atoms with Gasteiger partial charge < -0.3 is 15.0 Å². The average molecular weight is 304 g/mol. The van der Waals surface area contributed by atoms with Gasteiger partial charge in [0, 0.05) is 52.1 Å². The van der Waals surface area contributed by atoms with Crippen LogP contribution in [-0.2, 0) is 11.3 Å². The Labute approximate surface area is 133 Å². The quantitative estimate of drug-likeness (QED) is 0.788. The summed E-state index contributed by atoms with van der Waals surface area (Å²) in [6.07, 6.45) is 6.04. The molecule has 5 heteroatoms. The third kappa shape index (κ3) is 3.97. The van der Waals surface area contributed by atoms with Crippen LogP contribution in [0.3, 0.4) is 0 Å². The van der Waals surface area contributed by atoms with E-state index >= 15 is 0 Å². The monoisotopic (exact) mass is 304 g/mol. The number of ether oxygens (including phenoxy) is 1. The number of rotatable bonds is 8. The summed E-state index contributed by atoms with van der Waals surface area (Å²) in [5.41, 5.74) is 1.32. The van der Waals surface area contributed by atoms with E-state index in [9.17, 15) is 0 Å². The summed E-state index contributed by atoms with van der Waals surface area (Å²) in [7, 11) is 3.79. The normalized spacial score (nSPS) is 21.5. The van der Waals surface area contributed by atoms with Crippen LogP contribution in [0.15, 0.2) is 18.3 Å². The molecule has 0 aromatic carbocycles. The molecule has 1 aromatic rings. The highest BCUT2D eigenvalue weighted by Gasteiger charge is 2.35. The molecule has 122 valence electrons. The van der Waals surface area contributed by atoms with Crippen LogP contribution < -0.4 is 10.2 Å². The molecule has 1 N–H and O–H groups in total. The van der Waals surface area contributed by atoms with Crippen molar-refractivity contribution in [2.45, 2.75) is 37.9 Å². The van der Waals surface area contributed by atoms with Crippen molar-refractivity contribution in [3.8, 4) is 0 Å². The number of hydrogen-bond acceptors (Lipinski definition) is 5. The van der Waals surface area contributed by atoms with E-state index < -0.39 is 0 Å². The number of nitrogens with zero attached hydrogens (tertiary/aromatic N) is 3. The molecule has 2 aliphatic rings. The molecule has 1 aliphatic heterocycles. The van der Waals surface area contributed by atoms with Crippen LogP contribution in [0.5, 0.6) is 0 Å². The minimum Gasteiger partial charge on any atom is -0.383 e. The Morgan fingerprint density at radius 1 is 1.27 bits per heavy atom. The second kappa shape index (κ2) is 7.40. The minimum atomic E-state index is 0.705. The summed E-state index contributed by atoms with van der Waals surface area (Å²) in [6.45, 7) is 4.93. The van der Waals surface area contributed by atoms with Crippen molar-refractivity contribution >= 4 is 5.82 Å². The molecule has 1 aliphatic carbocycles. The van der Waals surface area contributed by atoms with Crippen LogP contribution in [0.4, 0.5) is 5.82 Å². The number of hydrogen-bond donors (Lipinski definition) is 1. The van der Waals surface area contributed by atoms with E-state index in [-0.39, 0.29) is 0 Å². The summed E-state index contributed by atoms with van der Waals surface area (Å²) in [4.78, 5) is 9.44. The lowest BCUT2D eigenvalue weighted by Gasteiger charge is -2.28. The van der Waals surface area contributed by atoms with Crippen molar-refractivity contribution in [3.05, 3.63) is 23.9 Å². The summed E-state index contributed by atoms with van der Waals surface area (Å²) < 4.78 is 5.12. The topological polar surface area (TPSA) is 40.6 Å². The fourth-order valence-electron chi connectivity index (χ4n) is 3.17. The number of pyridine rings is 1. The Balaban J connectivity index is 1.59. The molecule has 0 bridgehead atoms. The van der Waals surface area contributed by atoms with Crippen molar-refractivity contribution < 1.29 is 4.74 Å². The smallest absolute Gasteiger partial charge is 0.128 e. The van der Waals surface area contributed by atoms with Crippen LogP contribution in [-0.4, -0.2) is 62.4 Å². The van der Waals surface area contributed by atoms with E-state index in [1.807, 2.05) is 6.20 Å². The maximum Gasteiger partial charge on any atom is 0.128 e. The maximum atomic E-state index is 5.12. The van der Waals surface area contributed by atoms with Crippen LogP contribution >= 0.6 is 0 Å². The third-order valence-corrected chi connectivity index (χ3v) is 4.72. The number of aromatic nitrogens is 1. The van der Waals surface area contributed by atoms with Gasteiger partial charge in [-0.1, -0.05) is 6.07 Å². The van der Waals surface area contributed by atoms with Crippen molar-refractivity contribution in [2.75, 3.05) is 45.3 Å². The lowest BCUT2D eigenvalue weighted by atomic mass is 10.1. The van der Waals surface area contributed by atoms with E-state index in [1.54, 1.807) is 7.11 Å². The van der Waals surface area contributed by atoms with Crippen LogP contribution in [0, 0.1) is 0 Å². The number of anilines is 1. The van der Waals surface area contributed by atoms with Gasteiger partial charge in [0.25, 0.3) is 0 Å². The third-order valence-electron chi connectivity index (χ3n) is 4.72.